The molecule has 0 aliphatic carbocycles. The van der Waals surface area contributed by atoms with Crippen LogP contribution in [0, 0.1) is 5.92 Å². The molecule has 0 spiro atoms. The smallest absolute Gasteiger partial charge is 0.166 e. The average Bonchev–Trinajstić information content (AvgIpc) is 2.79. The Morgan fingerprint density at radius 2 is 1.33 bits per heavy atom. The van der Waals surface area contributed by atoms with Crippen LogP contribution in [-0.2, 0) is 16.2 Å². The number of methoxy groups -OCH3 is 3. The van der Waals surface area contributed by atoms with Crippen LogP contribution in [0.15, 0.2) is 48.6 Å². The van der Waals surface area contributed by atoms with E-state index in [1.807, 2.05) is 0 Å². The Labute approximate surface area is 176 Å². The van der Waals surface area contributed by atoms with E-state index >= 15 is 0 Å². The third-order valence-electron chi connectivity index (χ3n) is 4.62. The van der Waals surface area contributed by atoms with Crippen LogP contribution in [0.2, 0.25) is 0 Å². The van der Waals surface area contributed by atoms with Gasteiger partial charge in [0.2, 0.25) is 0 Å². The van der Waals surface area contributed by atoms with Crippen LogP contribution in [0.4, 0.5) is 0 Å². The molecule has 0 aromatic heterocycles. The van der Waals surface area contributed by atoms with Crippen molar-refractivity contribution in [2.24, 2.45) is 5.92 Å². The van der Waals surface area contributed by atoms with Gasteiger partial charge in [-0.2, -0.15) is 0 Å². The Balaban J connectivity index is 2.06. The van der Waals surface area contributed by atoms with Crippen LogP contribution >= 0.6 is 0 Å². The summed E-state index contributed by atoms with van der Waals surface area (Å²) >= 11 is 0. The van der Waals surface area contributed by atoms with E-state index in [1.54, 1.807) is 62.6 Å². The first-order valence-electron chi connectivity index (χ1n) is 9.37. The number of carbonyl (C=O) groups excluding carboxylic acids is 2. The van der Waals surface area contributed by atoms with Gasteiger partial charge < -0.3 is 19.3 Å². The number of rotatable bonds is 10. The molecule has 0 saturated carbocycles. The summed E-state index contributed by atoms with van der Waals surface area (Å²) in [6, 6.07) is 10.5. The third kappa shape index (κ3) is 5.81. The van der Waals surface area contributed by atoms with Crippen molar-refractivity contribution >= 4 is 23.7 Å². The number of hydrogen-bond donors (Lipinski definition) is 1. The van der Waals surface area contributed by atoms with Crippen LogP contribution in [0.25, 0.3) is 12.2 Å². The summed E-state index contributed by atoms with van der Waals surface area (Å²) in [7, 11) is 4.61. The molecule has 2 aromatic rings. The molecule has 2 rings (SSSR count). The molecule has 6 heteroatoms. The minimum Gasteiger partial charge on any atom is -0.496 e. The second-order valence-electron chi connectivity index (χ2n) is 6.54. The average molecular weight is 410 g/mol. The van der Waals surface area contributed by atoms with Crippen molar-refractivity contribution in [3.05, 3.63) is 65.2 Å². The minimum absolute atomic E-state index is 0.172. The van der Waals surface area contributed by atoms with Crippen LogP contribution in [0.5, 0.6) is 17.2 Å². The standard InChI is InChI=1S/C24H26O6/c1-16(20(26)9-5-17-7-11-22(28-2)19(13-17)15-25)21(27)10-6-18-8-12-23(29-3)24(14-18)30-4/h5-14,16,25H,15H2,1-4H3. The Hall–Kier alpha value is -3.38. The molecule has 0 radical (unpaired) electrons. The fourth-order valence-electron chi connectivity index (χ4n) is 2.77. The molecule has 1 N–H and O–H groups in total. The maximum absolute atomic E-state index is 12.4. The highest BCUT2D eigenvalue weighted by Gasteiger charge is 2.16. The maximum Gasteiger partial charge on any atom is 0.166 e. The molecule has 0 aliphatic rings. The van der Waals surface area contributed by atoms with Gasteiger partial charge in [0.1, 0.15) is 5.75 Å². The quantitative estimate of drug-likeness (QED) is 0.475. The van der Waals surface area contributed by atoms with E-state index in [-0.39, 0.29) is 18.2 Å². The summed E-state index contributed by atoms with van der Waals surface area (Å²) in [5.74, 6) is 0.306. The van der Waals surface area contributed by atoms with Gasteiger partial charge in [-0.15, -0.1) is 0 Å². The molecule has 0 aliphatic heterocycles. The highest BCUT2D eigenvalue weighted by Crippen LogP contribution is 2.28. The van der Waals surface area contributed by atoms with Crippen molar-refractivity contribution in [2.75, 3.05) is 21.3 Å². The number of aliphatic hydroxyl groups excluding tert-OH is 1. The first kappa shape index (κ1) is 22.9. The van der Waals surface area contributed by atoms with Crippen molar-refractivity contribution in [3.8, 4) is 17.2 Å². The molecule has 0 saturated heterocycles. The normalized spacial score (nSPS) is 12.2. The van der Waals surface area contributed by atoms with Crippen molar-refractivity contribution in [1.29, 1.82) is 0 Å². The molecular weight excluding hydrogens is 384 g/mol. The summed E-state index contributed by atoms with van der Waals surface area (Å²) < 4.78 is 15.6. The number of allylic oxidation sites excluding steroid dienone is 2. The molecule has 0 bridgehead atoms. The van der Waals surface area contributed by atoms with Crippen molar-refractivity contribution in [3.63, 3.8) is 0 Å². The number of benzene rings is 2. The summed E-state index contributed by atoms with van der Waals surface area (Å²) in [4.78, 5) is 24.8. The molecule has 6 nitrogen and oxygen atoms in total. The van der Waals surface area contributed by atoms with Crippen molar-refractivity contribution in [1.82, 2.24) is 0 Å². The fourth-order valence-corrected chi connectivity index (χ4v) is 2.77. The largest absolute Gasteiger partial charge is 0.496 e. The lowest BCUT2D eigenvalue weighted by molar-refractivity contribution is -0.126. The Kier molecular flexibility index (Phi) is 8.38. The zero-order valence-corrected chi connectivity index (χ0v) is 17.5. The molecular formula is C24H26O6. The second kappa shape index (κ2) is 11.0. The molecule has 30 heavy (non-hydrogen) atoms. The first-order valence-corrected chi connectivity index (χ1v) is 9.37. The predicted octanol–water partition coefficient (Wildman–Crippen LogP) is 3.71. The van der Waals surface area contributed by atoms with Gasteiger partial charge in [0.15, 0.2) is 23.1 Å². The molecule has 1 unspecified atom stereocenters. The maximum atomic E-state index is 12.4. The van der Waals surface area contributed by atoms with Gasteiger partial charge in [0.25, 0.3) is 0 Å². The first-order chi connectivity index (χ1) is 14.4. The molecule has 0 fully saturated rings. The van der Waals surface area contributed by atoms with E-state index in [0.717, 1.165) is 11.1 Å². The van der Waals surface area contributed by atoms with Crippen molar-refractivity contribution < 1.29 is 28.9 Å². The highest BCUT2D eigenvalue weighted by molar-refractivity contribution is 6.13. The van der Waals surface area contributed by atoms with Crippen LogP contribution in [0.3, 0.4) is 0 Å². The zero-order valence-electron chi connectivity index (χ0n) is 17.5. The lowest BCUT2D eigenvalue weighted by atomic mass is 9.99. The van der Waals surface area contributed by atoms with Gasteiger partial charge in [-0.25, -0.2) is 0 Å². The van der Waals surface area contributed by atoms with E-state index < -0.39 is 5.92 Å². The lowest BCUT2D eigenvalue weighted by Crippen LogP contribution is -2.17. The fraction of sp³-hybridized carbons (Fsp3) is 0.250. The SMILES string of the molecule is COc1ccc(C=CC(=O)C(C)C(=O)C=Cc2ccc(OC)c(OC)c2)cc1CO. The van der Waals surface area contributed by atoms with Gasteiger partial charge >= 0.3 is 0 Å². The lowest BCUT2D eigenvalue weighted by Gasteiger charge is -2.08. The van der Waals surface area contributed by atoms with Gasteiger partial charge in [-0.05, 0) is 54.5 Å². The summed E-state index contributed by atoms with van der Waals surface area (Å²) in [5, 5.41) is 9.39. The number of ether oxygens (including phenoxy) is 3. The molecule has 0 heterocycles. The summed E-state index contributed by atoms with van der Waals surface area (Å²) in [6.07, 6.45) is 6.00. The Bertz CT molecular complexity index is 881. The van der Waals surface area contributed by atoms with E-state index in [2.05, 4.69) is 0 Å². The molecule has 158 valence electrons. The number of carbonyl (C=O) groups is 2. The van der Waals surface area contributed by atoms with Crippen LogP contribution in [-0.4, -0.2) is 38.0 Å². The van der Waals surface area contributed by atoms with E-state index in [4.69, 9.17) is 14.2 Å². The van der Waals surface area contributed by atoms with Gasteiger partial charge in [-0.1, -0.05) is 24.3 Å². The van der Waals surface area contributed by atoms with Gasteiger partial charge in [0, 0.05) is 5.56 Å². The highest BCUT2D eigenvalue weighted by atomic mass is 16.5. The number of hydrogen-bond acceptors (Lipinski definition) is 6. The van der Waals surface area contributed by atoms with Gasteiger partial charge in [-0.3, -0.25) is 9.59 Å². The van der Waals surface area contributed by atoms with Crippen LogP contribution < -0.4 is 14.2 Å². The van der Waals surface area contributed by atoms with Gasteiger partial charge in [0.05, 0.1) is 33.9 Å². The Morgan fingerprint density at radius 1 is 0.833 bits per heavy atom. The predicted molar refractivity (Wildman–Crippen MR) is 116 cm³/mol. The molecule has 2 aromatic carbocycles. The number of aliphatic hydroxyl groups is 1. The second-order valence-corrected chi connectivity index (χ2v) is 6.54. The molecule has 1 atom stereocenters. The van der Waals surface area contributed by atoms with E-state index in [9.17, 15) is 14.7 Å². The monoisotopic (exact) mass is 410 g/mol. The topological polar surface area (TPSA) is 82.1 Å². The van der Waals surface area contributed by atoms with E-state index in [0.29, 0.717) is 22.8 Å². The number of ketones is 2. The summed E-state index contributed by atoms with van der Waals surface area (Å²) in [5.41, 5.74) is 2.11. The Morgan fingerprint density at radius 3 is 1.83 bits per heavy atom. The van der Waals surface area contributed by atoms with Crippen LogP contribution in [0.1, 0.15) is 23.6 Å². The third-order valence-corrected chi connectivity index (χ3v) is 4.62. The van der Waals surface area contributed by atoms with Crippen molar-refractivity contribution in [2.45, 2.75) is 13.5 Å². The minimum atomic E-state index is -0.812. The summed E-state index contributed by atoms with van der Waals surface area (Å²) in [6.45, 7) is 1.40. The van der Waals surface area contributed by atoms with E-state index in [1.165, 1.54) is 26.4 Å². The zero-order chi connectivity index (χ0) is 22.1. The molecule has 0 amide bonds.